The Kier molecular flexibility index (Phi) is 1.58. The second-order valence-corrected chi connectivity index (χ2v) is 2.83. The van der Waals surface area contributed by atoms with E-state index in [0.29, 0.717) is 0 Å². The van der Waals surface area contributed by atoms with E-state index in [4.69, 9.17) is 15.3 Å². The zero-order valence-corrected chi connectivity index (χ0v) is 5.95. The van der Waals surface area contributed by atoms with Crippen molar-refractivity contribution in [3.63, 3.8) is 0 Å². The van der Waals surface area contributed by atoms with Crippen molar-refractivity contribution in [3.05, 3.63) is 0 Å². The number of hydrogen-bond acceptors (Lipinski definition) is 6. The number of carbonyl (C=O) groups excluding carboxylic acids is 1. The van der Waals surface area contributed by atoms with Gasteiger partial charge in [-0.3, -0.25) is 0 Å². The van der Waals surface area contributed by atoms with Gasteiger partial charge in [-0.2, -0.15) is 0 Å². The van der Waals surface area contributed by atoms with Crippen LogP contribution in [0, 0.1) is 0 Å². The molecule has 3 N–H and O–H groups in total. The lowest BCUT2D eigenvalue weighted by Crippen LogP contribution is -2.32. The summed E-state index contributed by atoms with van der Waals surface area (Å²) >= 11 is 0. The van der Waals surface area contributed by atoms with Gasteiger partial charge in [-0.1, -0.05) is 0 Å². The summed E-state index contributed by atoms with van der Waals surface area (Å²) in [5, 5.41) is 27.2. The average molecular weight is 176 g/mol. The standard InChI is InChI=1S/C6H8O6/c7-1-3-4(12-5(1)9)2(8)6(10)11-3/h1-5,7-9H/t1?,2-,3?,4-,5+/m0/s1. The van der Waals surface area contributed by atoms with E-state index in [1.165, 1.54) is 0 Å². The summed E-state index contributed by atoms with van der Waals surface area (Å²) in [6.45, 7) is 0. The van der Waals surface area contributed by atoms with Crippen molar-refractivity contribution in [2.75, 3.05) is 0 Å². The molecule has 0 aromatic heterocycles. The molecule has 68 valence electrons. The van der Waals surface area contributed by atoms with E-state index in [2.05, 4.69) is 9.47 Å². The van der Waals surface area contributed by atoms with Crippen LogP contribution >= 0.6 is 0 Å². The van der Waals surface area contributed by atoms with Crippen LogP contribution in [0.15, 0.2) is 0 Å². The molecule has 0 amide bonds. The number of aliphatic hydroxyl groups excluding tert-OH is 3. The van der Waals surface area contributed by atoms with Gasteiger partial charge in [0, 0.05) is 0 Å². The van der Waals surface area contributed by atoms with Crippen molar-refractivity contribution in [2.45, 2.75) is 30.7 Å². The molecule has 2 saturated heterocycles. The number of hydrogen-bond donors (Lipinski definition) is 3. The Balaban J connectivity index is 2.19. The van der Waals surface area contributed by atoms with E-state index < -0.39 is 36.7 Å². The summed E-state index contributed by atoms with van der Waals surface area (Å²) in [7, 11) is 0. The Morgan fingerprint density at radius 2 is 1.83 bits per heavy atom. The number of carbonyl (C=O) groups is 1. The molecule has 6 nitrogen and oxygen atoms in total. The number of rotatable bonds is 0. The first-order valence-corrected chi connectivity index (χ1v) is 3.51. The van der Waals surface area contributed by atoms with Crippen LogP contribution < -0.4 is 0 Å². The SMILES string of the molecule is O=C1OC2C(O)[C@H](O)O[C@H]2[C@@H]1O. The molecule has 0 bridgehead atoms. The molecule has 0 aliphatic carbocycles. The molecule has 2 aliphatic heterocycles. The second-order valence-electron chi connectivity index (χ2n) is 2.83. The number of aliphatic hydroxyl groups is 3. The fourth-order valence-corrected chi connectivity index (χ4v) is 1.40. The van der Waals surface area contributed by atoms with Gasteiger partial charge in [0.2, 0.25) is 0 Å². The minimum absolute atomic E-state index is 0.823. The highest BCUT2D eigenvalue weighted by Gasteiger charge is 2.56. The Morgan fingerprint density at radius 1 is 1.17 bits per heavy atom. The van der Waals surface area contributed by atoms with Crippen molar-refractivity contribution in [2.24, 2.45) is 0 Å². The summed E-state index contributed by atoms with van der Waals surface area (Å²) in [6.07, 6.45) is -5.94. The summed E-state index contributed by atoms with van der Waals surface area (Å²) in [4.78, 5) is 10.7. The molecule has 12 heavy (non-hydrogen) atoms. The fourth-order valence-electron chi connectivity index (χ4n) is 1.40. The zero-order valence-electron chi connectivity index (χ0n) is 5.95. The van der Waals surface area contributed by atoms with Crippen molar-refractivity contribution in [3.8, 4) is 0 Å². The van der Waals surface area contributed by atoms with E-state index >= 15 is 0 Å². The molecule has 0 radical (unpaired) electrons. The highest BCUT2D eigenvalue weighted by molar-refractivity contribution is 5.78. The lowest BCUT2D eigenvalue weighted by molar-refractivity contribution is -0.168. The van der Waals surface area contributed by atoms with Crippen LogP contribution in [0.2, 0.25) is 0 Å². The summed E-state index contributed by atoms with van der Waals surface area (Å²) in [6, 6.07) is 0. The van der Waals surface area contributed by atoms with Crippen molar-refractivity contribution in [1.29, 1.82) is 0 Å². The third kappa shape index (κ3) is 0.862. The topological polar surface area (TPSA) is 96.2 Å². The molecule has 2 rings (SSSR count). The first-order valence-electron chi connectivity index (χ1n) is 3.51. The van der Waals surface area contributed by atoms with Gasteiger partial charge < -0.3 is 24.8 Å². The number of fused-ring (bicyclic) bond motifs is 1. The summed E-state index contributed by atoms with van der Waals surface area (Å²) in [5.41, 5.74) is 0. The average Bonchev–Trinajstić information content (AvgIpc) is 2.43. The number of esters is 1. The van der Waals surface area contributed by atoms with Crippen molar-refractivity contribution in [1.82, 2.24) is 0 Å². The Morgan fingerprint density at radius 3 is 2.42 bits per heavy atom. The van der Waals surface area contributed by atoms with Gasteiger partial charge in [0.05, 0.1) is 0 Å². The van der Waals surface area contributed by atoms with E-state index in [1.54, 1.807) is 0 Å². The molecular weight excluding hydrogens is 168 g/mol. The van der Waals surface area contributed by atoms with Crippen LogP contribution in [0.4, 0.5) is 0 Å². The maximum absolute atomic E-state index is 10.7. The normalized spacial score (nSPS) is 52.2. The summed E-state index contributed by atoms with van der Waals surface area (Å²) < 4.78 is 9.25. The molecule has 2 unspecified atom stereocenters. The summed E-state index contributed by atoms with van der Waals surface area (Å²) in [5.74, 6) is -0.823. The molecule has 5 atom stereocenters. The Bertz CT molecular complexity index is 216. The maximum atomic E-state index is 10.7. The lowest BCUT2D eigenvalue weighted by Gasteiger charge is -2.10. The van der Waals surface area contributed by atoms with Gasteiger partial charge in [0.25, 0.3) is 0 Å². The quantitative estimate of drug-likeness (QED) is 0.349. The largest absolute Gasteiger partial charge is 0.454 e. The van der Waals surface area contributed by atoms with Gasteiger partial charge in [-0.05, 0) is 0 Å². The Hall–Kier alpha value is -0.690. The maximum Gasteiger partial charge on any atom is 0.338 e. The fraction of sp³-hybridized carbons (Fsp3) is 0.833. The third-order valence-electron chi connectivity index (χ3n) is 2.05. The molecular formula is C6H8O6. The van der Waals surface area contributed by atoms with Crippen LogP contribution in [-0.2, 0) is 14.3 Å². The zero-order chi connectivity index (χ0) is 8.88. The molecule has 2 aliphatic rings. The predicted octanol–water partition coefficient (Wildman–Crippen LogP) is -2.65. The smallest absolute Gasteiger partial charge is 0.338 e. The van der Waals surface area contributed by atoms with Gasteiger partial charge >= 0.3 is 5.97 Å². The van der Waals surface area contributed by atoms with E-state index in [9.17, 15) is 4.79 Å². The minimum atomic E-state index is -1.40. The monoisotopic (exact) mass is 176 g/mol. The Labute approximate surface area is 67.3 Å². The minimum Gasteiger partial charge on any atom is -0.454 e. The highest BCUT2D eigenvalue weighted by atomic mass is 16.7. The molecule has 2 heterocycles. The van der Waals surface area contributed by atoms with Gasteiger partial charge in [-0.25, -0.2) is 4.79 Å². The molecule has 0 aromatic rings. The third-order valence-corrected chi connectivity index (χ3v) is 2.05. The predicted molar refractivity (Wildman–Crippen MR) is 32.8 cm³/mol. The van der Waals surface area contributed by atoms with E-state index in [1.807, 2.05) is 0 Å². The van der Waals surface area contributed by atoms with E-state index in [0.717, 1.165) is 0 Å². The van der Waals surface area contributed by atoms with Crippen LogP contribution in [0.25, 0.3) is 0 Å². The molecule has 0 spiro atoms. The van der Waals surface area contributed by atoms with Crippen LogP contribution in [-0.4, -0.2) is 52.0 Å². The van der Waals surface area contributed by atoms with Gasteiger partial charge in [-0.15, -0.1) is 0 Å². The molecule has 6 heteroatoms. The van der Waals surface area contributed by atoms with Gasteiger partial charge in [0.15, 0.2) is 18.5 Å². The first kappa shape index (κ1) is 7.93. The molecule has 2 fully saturated rings. The molecule has 0 aromatic carbocycles. The molecule has 0 saturated carbocycles. The van der Waals surface area contributed by atoms with Crippen LogP contribution in [0.3, 0.4) is 0 Å². The number of ether oxygens (including phenoxy) is 2. The van der Waals surface area contributed by atoms with Crippen LogP contribution in [0.5, 0.6) is 0 Å². The highest BCUT2D eigenvalue weighted by Crippen LogP contribution is 2.30. The van der Waals surface area contributed by atoms with E-state index in [-0.39, 0.29) is 0 Å². The van der Waals surface area contributed by atoms with Crippen molar-refractivity contribution >= 4 is 5.97 Å². The first-order chi connectivity index (χ1) is 5.61. The van der Waals surface area contributed by atoms with Crippen molar-refractivity contribution < 1.29 is 29.6 Å². The van der Waals surface area contributed by atoms with Crippen LogP contribution in [0.1, 0.15) is 0 Å². The lowest BCUT2D eigenvalue weighted by atomic mass is 10.1. The second kappa shape index (κ2) is 2.40. The van der Waals surface area contributed by atoms with Gasteiger partial charge in [0.1, 0.15) is 12.2 Å².